The number of piperidine rings is 1. The van der Waals surface area contributed by atoms with Crippen molar-refractivity contribution in [2.75, 3.05) is 13.1 Å². The lowest BCUT2D eigenvalue weighted by Gasteiger charge is -2.30. The minimum atomic E-state index is -0.118. The smallest absolute Gasteiger partial charge is 0.225 e. The van der Waals surface area contributed by atoms with E-state index < -0.39 is 0 Å². The van der Waals surface area contributed by atoms with Gasteiger partial charge < -0.3 is 10.2 Å². The number of aromatic nitrogens is 2. The topological polar surface area (TPSA) is 75.2 Å². The van der Waals surface area contributed by atoms with Crippen molar-refractivity contribution < 1.29 is 9.59 Å². The lowest BCUT2D eigenvalue weighted by atomic mass is 9.96. The summed E-state index contributed by atoms with van der Waals surface area (Å²) >= 11 is 0. The fourth-order valence-electron chi connectivity index (χ4n) is 3.19. The van der Waals surface area contributed by atoms with E-state index in [1.54, 1.807) is 4.90 Å². The molecular weight excluding hydrogens is 280 g/mol. The molecule has 22 heavy (non-hydrogen) atoms. The average molecular weight is 302 g/mol. The van der Waals surface area contributed by atoms with Crippen molar-refractivity contribution in [2.24, 2.45) is 5.92 Å². The van der Waals surface area contributed by atoms with Crippen LogP contribution in [0.25, 0.3) is 0 Å². The Morgan fingerprint density at radius 3 is 3.09 bits per heavy atom. The molecule has 1 saturated heterocycles. The van der Waals surface area contributed by atoms with E-state index in [-0.39, 0.29) is 17.7 Å². The average Bonchev–Trinajstić information content (AvgIpc) is 3.00. The van der Waals surface area contributed by atoms with E-state index in [0.29, 0.717) is 38.3 Å². The maximum Gasteiger partial charge on any atom is 0.225 e. The van der Waals surface area contributed by atoms with Crippen molar-refractivity contribution >= 4 is 11.8 Å². The lowest BCUT2D eigenvalue weighted by Crippen LogP contribution is -2.45. The second-order valence-electron chi connectivity index (χ2n) is 6.00. The number of carbonyl (C=O) groups excluding carboxylic acids is 2. The van der Waals surface area contributed by atoms with Crippen LogP contribution >= 0.6 is 0 Å². The van der Waals surface area contributed by atoms with E-state index in [2.05, 4.69) is 15.3 Å². The Hall–Kier alpha value is -1.98. The predicted octanol–water partition coefficient (Wildman–Crippen LogP) is 0.840. The predicted molar refractivity (Wildman–Crippen MR) is 80.9 cm³/mol. The SMILES string of the molecule is CCN1C[C@H](C(=O)NCc2ncc3c(n2)CCC3)CCC1=O. The van der Waals surface area contributed by atoms with E-state index in [4.69, 9.17) is 0 Å². The summed E-state index contributed by atoms with van der Waals surface area (Å²) in [7, 11) is 0. The van der Waals surface area contributed by atoms with E-state index in [9.17, 15) is 9.59 Å². The number of nitrogens with zero attached hydrogens (tertiary/aromatic N) is 3. The molecule has 1 aromatic heterocycles. The summed E-state index contributed by atoms with van der Waals surface area (Å²) in [6.07, 6.45) is 6.19. The molecule has 1 fully saturated rings. The fraction of sp³-hybridized carbons (Fsp3) is 0.625. The molecule has 0 bridgehead atoms. The minimum Gasteiger partial charge on any atom is -0.349 e. The number of rotatable bonds is 4. The van der Waals surface area contributed by atoms with Gasteiger partial charge in [0, 0.05) is 31.4 Å². The number of aryl methyl sites for hydroxylation is 2. The first-order chi connectivity index (χ1) is 10.7. The fourth-order valence-corrected chi connectivity index (χ4v) is 3.19. The Labute approximate surface area is 130 Å². The molecule has 0 aromatic carbocycles. The molecule has 6 nitrogen and oxygen atoms in total. The largest absolute Gasteiger partial charge is 0.349 e. The van der Waals surface area contributed by atoms with Gasteiger partial charge in [0.05, 0.1) is 12.5 Å². The highest BCUT2D eigenvalue weighted by Gasteiger charge is 2.29. The number of carbonyl (C=O) groups is 2. The number of amides is 2. The van der Waals surface area contributed by atoms with Gasteiger partial charge in [-0.05, 0) is 38.2 Å². The van der Waals surface area contributed by atoms with Gasteiger partial charge in [0.15, 0.2) is 0 Å². The van der Waals surface area contributed by atoms with Crippen LogP contribution in [-0.4, -0.2) is 39.8 Å². The number of hydrogen-bond donors (Lipinski definition) is 1. The summed E-state index contributed by atoms with van der Waals surface area (Å²) in [5.74, 6) is 0.698. The number of fused-ring (bicyclic) bond motifs is 1. The number of nitrogens with one attached hydrogen (secondary N) is 1. The van der Waals surface area contributed by atoms with Gasteiger partial charge in [0.25, 0.3) is 0 Å². The van der Waals surface area contributed by atoms with Gasteiger partial charge in [-0.15, -0.1) is 0 Å². The lowest BCUT2D eigenvalue weighted by molar-refractivity contribution is -0.138. The highest BCUT2D eigenvalue weighted by Crippen LogP contribution is 2.19. The standard InChI is InChI=1S/C16H22N4O2/c1-2-20-10-12(6-7-15(20)21)16(22)18-9-14-17-8-11-4-3-5-13(11)19-14/h8,12H,2-7,9-10H2,1H3,(H,18,22)/t12-/m1/s1. The van der Waals surface area contributed by atoms with Gasteiger partial charge in [-0.2, -0.15) is 0 Å². The van der Waals surface area contributed by atoms with Gasteiger partial charge in [-0.1, -0.05) is 0 Å². The molecular formula is C16H22N4O2. The summed E-state index contributed by atoms with van der Waals surface area (Å²) < 4.78 is 0. The zero-order valence-electron chi connectivity index (χ0n) is 13.0. The molecule has 1 aliphatic carbocycles. The maximum atomic E-state index is 12.3. The van der Waals surface area contributed by atoms with Crippen LogP contribution in [0.15, 0.2) is 6.20 Å². The third-order valence-electron chi connectivity index (χ3n) is 4.54. The normalized spacial score (nSPS) is 20.9. The molecule has 1 atom stereocenters. The van der Waals surface area contributed by atoms with Crippen molar-refractivity contribution in [3.05, 3.63) is 23.3 Å². The molecule has 0 unspecified atom stereocenters. The summed E-state index contributed by atoms with van der Waals surface area (Å²) in [5, 5.41) is 2.92. The van der Waals surface area contributed by atoms with Crippen LogP contribution in [0.1, 0.15) is 43.3 Å². The number of hydrogen-bond acceptors (Lipinski definition) is 4. The Kier molecular flexibility index (Phi) is 4.36. The highest BCUT2D eigenvalue weighted by atomic mass is 16.2. The molecule has 2 heterocycles. The molecule has 6 heteroatoms. The van der Waals surface area contributed by atoms with Crippen LogP contribution in [0.5, 0.6) is 0 Å². The molecule has 3 rings (SSSR count). The van der Waals surface area contributed by atoms with Crippen molar-refractivity contribution in [1.82, 2.24) is 20.2 Å². The van der Waals surface area contributed by atoms with E-state index in [0.717, 1.165) is 25.0 Å². The second-order valence-corrected chi connectivity index (χ2v) is 6.00. The molecule has 2 aliphatic rings. The van der Waals surface area contributed by atoms with Crippen LogP contribution in [0.2, 0.25) is 0 Å². The molecule has 1 aromatic rings. The number of likely N-dealkylation sites (tertiary alicyclic amines) is 1. The van der Waals surface area contributed by atoms with Crippen LogP contribution in [-0.2, 0) is 29.0 Å². The van der Waals surface area contributed by atoms with Gasteiger partial charge in [0.2, 0.25) is 11.8 Å². The summed E-state index contributed by atoms with van der Waals surface area (Å²) in [6.45, 7) is 3.49. The van der Waals surface area contributed by atoms with Crippen molar-refractivity contribution in [2.45, 2.75) is 45.6 Å². The Bertz CT molecular complexity index is 588. The van der Waals surface area contributed by atoms with Crippen LogP contribution in [0.3, 0.4) is 0 Å². The van der Waals surface area contributed by atoms with Gasteiger partial charge >= 0.3 is 0 Å². The van der Waals surface area contributed by atoms with Crippen LogP contribution in [0, 0.1) is 5.92 Å². The van der Waals surface area contributed by atoms with Crippen LogP contribution in [0.4, 0.5) is 0 Å². The van der Waals surface area contributed by atoms with E-state index in [1.165, 1.54) is 5.56 Å². The highest BCUT2D eigenvalue weighted by molar-refractivity contribution is 5.83. The van der Waals surface area contributed by atoms with Gasteiger partial charge in [-0.3, -0.25) is 9.59 Å². The first kappa shape index (κ1) is 14.9. The molecule has 1 aliphatic heterocycles. The first-order valence-corrected chi connectivity index (χ1v) is 8.06. The molecule has 2 amide bonds. The molecule has 0 radical (unpaired) electrons. The molecule has 1 N–H and O–H groups in total. The Morgan fingerprint density at radius 1 is 1.41 bits per heavy atom. The van der Waals surface area contributed by atoms with Crippen molar-refractivity contribution in [3.8, 4) is 0 Å². The van der Waals surface area contributed by atoms with E-state index in [1.807, 2.05) is 13.1 Å². The molecule has 118 valence electrons. The second kappa shape index (κ2) is 6.42. The molecule has 0 saturated carbocycles. The van der Waals surface area contributed by atoms with E-state index >= 15 is 0 Å². The molecule has 0 spiro atoms. The first-order valence-electron chi connectivity index (χ1n) is 8.06. The third kappa shape index (κ3) is 3.10. The van der Waals surface area contributed by atoms with Crippen molar-refractivity contribution in [1.29, 1.82) is 0 Å². The van der Waals surface area contributed by atoms with Crippen LogP contribution < -0.4 is 5.32 Å². The summed E-state index contributed by atoms with van der Waals surface area (Å²) in [6, 6.07) is 0. The zero-order chi connectivity index (χ0) is 15.5. The maximum absolute atomic E-state index is 12.3. The summed E-state index contributed by atoms with van der Waals surface area (Å²) in [4.78, 5) is 34.5. The Morgan fingerprint density at radius 2 is 2.27 bits per heavy atom. The summed E-state index contributed by atoms with van der Waals surface area (Å²) in [5.41, 5.74) is 2.36. The zero-order valence-corrected chi connectivity index (χ0v) is 13.0. The Balaban J connectivity index is 1.55. The van der Waals surface area contributed by atoms with Gasteiger partial charge in [-0.25, -0.2) is 9.97 Å². The van der Waals surface area contributed by atoms with Gasteiger partial charge in [0.1, 0.15) is 5.82 Å². The minimum absolute atomic E-state index is 0.00458. The van der Waals surface area contributed by atoms with Crippen molar-refractivity contribution in [3.63, 3.8) is 0 Å². The quantitative estimate of drug-likeness (QED) is 0.894. The monoisotopic (exact) mass is 302 g/mol. The third-order valence-corrected chi connectivity index (χ3v) is 4.54.